The summed E-state index contributed by atoms with van der Waals surface area (Å²) in [5, 5.41) is 0. The monoisotopic (exact) mass is 208 g/mol. The molecule has 0 aliphatic carbocycles. The molecule has 0 radical (unpaired) electrons. The molecule has 0 atom stereocenters. The Morgan fingerprint density at radius 2 is 2.07 bits per heavy atom. The maximum Gasteiger partial charge on any atom is 0.574 e. The molecule has 78 valence electrons. The van der Waals surface area contributed by atoms with Gasteiger partial charge >= 0.3 is 6.36 Å². The molecule has 0 amide bonds. The van der Waals surface area contributed by atoms with Crippen LogP contribution in [0.1, 0.15) is 5.69 Å². The third-order valence-electron chi connectivity index (χ3n) is 1.32. The van der Waals surface area contributed by atoms with Gasteiger partial charge in [0.05, 0.1) is 0 Å². The minimum atomic E-state index is -4.82. The molecule has 7 heteroatoms. The van der Waals surface area contributed by atoms with Crippen LogP contribution in [0.4, 0.5) is 13.2 Å². The molecule has 3 N–H and O–H groups in total. The number of halogens is 3. The van der Waals surface area contributed by atoms with Crippen molar-refractivity contribution in [3.8, 4) is 5.88 Å². The predicted octanol–water partition coefficient (Wildman–Crippen LogP) is 0.732. The van der Waals surface area contributed by atoms with Crippen molar-refractivity contribution in [1.29, 1.82) is 0 Å². The van der Waals surface area contributed by atoms with Gasteiger partial charge in [0.2, 0.25) is 5.88 Å². The van der Waals surface area contributed by atoms with E-state index in [0.29, 0.717) is 6.07 Å². The summed E-state index contributed by atoms with van der Waals surface area (Å²) in [7, 11) is 0. The van der Waals surface area contributed by atoms with Crippen LogP contribution in [-0.2, 0) is 6.54 Å². The largest absolute Gasteiger partial charge is 0.574 e. The second kappa shape index (κ2) is 3.70. The molecule has 0 aromatic carbocycles. The number of H-pyrrole nitrogens is 1. The van der Waals surface area contributed by atoms with Gasteiger partial charge in [-0.15, -0.1) is 13.2 Å². The summed E-state index contributed by atoms with van der Waals surface area (Å²) in [6, 6.07) is 1.80. The van der Waals surface area contributed by atoms with Crippen LogP contribution in [0.5, 0.6) is 5.88 Å². The van der Waals surface area contributed by atoms with Crippen LogP contribution in [0, 0.1) is 0 Å². The smallest absolute Gasteiger partial charge is 0.390 e. The van der Waals surface area contributed by atoms with E-state index in [9.17, 15) is 18.0 Å². The van der Waals surface area contributed by atoms with Crippen LogP contribution < -0.4 is 15.9 Å². The Bertz CT molecular complexity index is 372. The van der Waals surface area contributed by atoms with Gasteiger partial charge in [0.15, 0.2) is 5.43 Å². The topological polar surface area (TPSA) is 68.1 Å². The fourth-order valence-electron chi connectivity index (χ4n) is 0.863. The molecule has 0 saturated heterocycles. The Kier molecular flexibility index (Phi) is 2.80. The molecule has 0 saturated carbocycles. The third-order valence-corrected chi connectivity index (χ3v) is 1.32. The Morgan fingerprint density at radius 1 is 1.43 bits per heavy atom. The Morgan fingerprint density at radius 3 is 2.57 bits per heavy atom. The zero-order valence-electron chi connectivity index (χ0n) is 6.89. The first-order valence-electron chi connectivity index (χ1n) is 3.60. The van der Waals surface area contributed by atoms with Gasteiger partial charge in [0.25, 0.3) is 0 Å². The van der Waals surface area contributed by atoms with E-state index in [1.165, 1.54) is 0 Å². The Balaban J connectivity index is 2.98. The van der Waals surface area contributed by atoms with Crippen LogP contribution in [-0.4, -0.2) is 11.3 Å². The Hall–Kier alpha value is -1.50. The number of ether oxygens (including phenoxy) is 1. The number of hydrogen-bond acceptors (Lipinski definition) is 3. The lowest BCUT2D eigenvalue weighted by atomic mass is 10.3. The fraction of sp³-hybridized carbons (Fsp3) is 0.286. The fourth-order valence-corrected chi connectivity index (χ4v) is 0.863. The van der Waals surface area contributed by atoms with Crippen LogP contribution in [0.3, 0.4) is 0 Å². The summed E-state index contributed by atoms with van der Waals surface area (Å²) >= 11 is 0. The minimum absolute atomic E-state index is 0.0652. The van der Waals surface area contributed by atoms with Crippen molar-refractivity contribution in [3.05, 3.63) is 28.0 Å². The van der Waals surface area contributed by atoms with E-state index in [1.54, 1.807) is 0 Å². The maximum atomic E-state index is 11.7. The van der Waals surface area contributed by atoms with Crippen molar-refractivity contribution >= 4 is 0 Å². The van der Waals surface area contributed by atoms with Gasteiger partial charge in [0, 0.05) is 24.4 Å². The van der Waals surface area contributed by atoms with Gasteiger partial charge in [0.1, 0.15) is 0 Å². The number of aromatic nitrogens is 1. The molecule has 1 heterocycles. The van der Waals surface area contributed by atoms with E-state index in [4.69, 9.17) is 5.73 Å². The van der Waals surface area contributed by atoms with Crippen molar-refractivity contribution in [2.75, 3.05) is 0 Å². The average Bonchev–Trinajstić information content (AvgIpc) is 1.99. The molecule has 0 bridgehead atoms. The normalized spacial score (nSPS) is 11.4. The van der Waals surface area contributed by atoms with Gasteiger partial charge in [-0.25, -0.2) is 0 Å². The van der Waals surface area contributed by atoms with Gasteiger partial charge < -0.3 is 15.5 Å². The molecular formula is C7H7F3N2O2. The molecular weight excluding hydrogens is 201 g/mol. The predicted molar refractivity (Wildman–Crippen MR) is 41.6 cm³/mol. The first-order chi connectivity index (χ1) is 6.40. The molecule has 0 unspecified atom stereocenters. The Labute approximate surface area is 76.5 Å². The summed E-state index contributed by atoms with van der Waals surface area (Å²) in [6.07, 6.45) is -4.82. The summed E-state index contributed by atoms with van der Waals surface area (Å²) in [6.45, 7) is -0.0652. The zero-order valence-corrected chi connectivity index (χ0v) is 6.89. The lowest BCUT2D eigenvalue weighted by Gasteiger charge is -2.08. The van der Waals surface area contributed by atoms with Crippen molar-refractivity contribution < 1.29 is 17.9 Å². The van der Waals surface area contributed by atoms with E-state index in [-0.39, 0.29) is 12.2 Å². The number of rotatable bonds is 2. The van der Waals surface area contributed by atoms with Gasteiger partial charge in [-0.05, 0) is 0 Å². The average molecular weight is 208 g/mol. The van der Waals surface area contributed by atoms with Crippen molar-refractivity contribution in [1.82, 2.24) is 4.98 Å². The second-order valence-electron chi connectivity index (χ2n) is 2.46. The summed E-state index contributed by atoms with van der Waals surface area (Å²) in [4.78, 5) is 13.1. The molecule has 1 aromatic heterocycles. The standard InChI is InChI=1S/C7H7F3N2O2/c8-7(9,10)14-6-2-5(13)1-4(3-11)12-6/h1-2H,3,11H2,(H,12,13). The van der Waals surface area contributed by atoms with Gasteiger partial charge in [-0.3, -0.25) is 4.79 Å². The molecule has 1 rings (SSSR count). The third kappa shape index (κ3) is 3.09. The lowest BCUT2D eigenvalue weighted by Crippen LogP contribution is -2.20. The lowest BCUT2D eigenvalue weighted by molar-refractivity contribution is -0.276. The minimum Gasteiger partial charge on any atom is -0.390 e. The first kappa shape index (κ1) is 10.6. The number of nitrogens with one attached hydrogen (secondary N) is 1. The van der Waals surface area contributed by atoms with Crippen molar-refractivity contribution in [2.45, 2.75) is 12.9 Å². The first-order valence-corrected chi connectivity index (χ1v) is 3.60. The van der Waals surface area contributed by atoms with Gasteiger partial charge in [-0.2, -0.15) is 0 Å². The van der Waals surface area contributed by atoms with Crippen LogP contribution in [0.15, 0.2) is 16.9 Å². The number of hydrogen-bond donors (Lipinski definition) is 2. The van der Waals surface area contributed by atoms with Crippen LogP contribution in [0.25, 0.3) is 0 Å². The second-order valence-corrected chi connectivity index (χ2v) is 2.46. The van der Waals surface area contributed by atoms with Crippen LogP contribution >= 0.6 is 0 Å². The molecule has 0 aliphatic rings. The van der Waals surface area contributed by atoms with E-state index in [2.05, 4.69) is 9.72 Å². The number of nitrogens with two attached hydrogens (primary N) is 1. The highest BCUT2D eigenvalue weighted by Gasteiger charge is 2.31. The molecule has 0 spiro atoms. The van der Waals surface area contributed by atoms with Gasteiger partial charge in [-0.1, -0.05) is 0 Å². The van der Waals surface area contributed by atoms with E-state index >= 15 is 0 Å². The van der Waals surface area contributed by atoms with E-state index in [0.717, 1.165) is 6.07 Å². The van der Waals surface area contributed by atoms with E-state index < -0.39 is 17.7 Å². The number of aromatic amines is 1. The van der Waals surface area contributed by atoms with Crippen LogP contribution in [0.2, 0.25) is 0 Å². The molecule has 1 aromatic rings. The quantitative estimate of drug-likeness (QED) is 0.752. The summed E-state index contributed by atoms with van der Waals surface area (Å²) in [5.74, 6) is -0.662. The molecule has 4 nitrogen and oxygen atoms in total. The maximum absolute atomic E-state index is 11.7. The number of pyridine rings is 1. The molecule has 0 fully saturated rings. The SMILES string of the molecule is NCc1cc(=O)cc(OC(F)(F)F)[nH]1. The van der Waals surface area contributed by atoms with Crippen molar-refractivity contribution in [3.63, 3.8) is 0 Å². The van der Waals surface area contributed by atoms with Crippen molar-refractivity contribution in [2.24, 2.45) is 5.73 Å². The number of alkyl halides is 3. The van der Waals surface area contributed by atoms with E-state index in [1.807, 2.05) is 0 Å². The highest BCUT2D eigenvalue weighted by molar-refractivity contribution is 5.16. The zero-order chi connectivity index (χ0) is 10.8. The molecule has 0 aliphatic heterocycles. The summed E-state index contributed by atoms with van der Waals surface area (Å²) in [5.41, 5.74) is 4.73. The highest BCUT2D eigenvalue weighted by Crippen LogP contribution is 2.19. The molecule has 14 heavy (non-hydrogen) atoms. The highest BCUT2D eigenvalue weighted by atomic mass is 19.4. The summed E-state index contributed by atoms with van der Waals surface area (Å²) < 4.78 is 38.7.